The molecule has 4 aromatic heterocycles. The van der Waals surface area contributed by atoms with Crippen molar-refractivity contribution in [3.05, 3.63) is 88.0 Å². The molecule has 0 aliphatic carbocycles. The van der Waals surface area contributed by atoms with Crippen LogP contribution in [-0.2, 0) is 39.5 Å². The van der Waals surface area contributed by atoms with Gasteiger partial charge in [0.15, 0.2) is 0 Å². The molecule has 0 atom stereocenters. The number of carboxylic acids is 2. The number of carboxylic acid groups (broad SMARTS) is 2. The van der Waals surface area contributed by atoms with Crippen molar-refractivity contribution in [3.63, 3.8) is 0 Å². The Labute approximate surface area is 282 Å². The van der Waals surface area contributed by atoms with Gasteiger partial charge in [0.2, 0.25) is 0 Å². The van der Waals surface area contributed by atoms with Crippen LogP contribution in [0, 0.1) is 27.7 Å². The van der Waals surface area contributed by atoms with Crippen molar-refractivity contribution >= 4 is 71.3 Å². The van der Waals surface area contributed by atoms with Crippen LogP contribution in [0.5, 0.6) is 0 Å². The van der Waals surface area contributed by atoms with Crippen molar-refractivity contribution in [1.82, 2.24) is 19.9 Å². The van der Waals surface area contributed by atoms with Crippen molar-refractivity contribution in [2.75, 3.05) is 0 Å². The van der Waals surface area contributed by atoms with Crippen LogP contribution in [-0.4, -0.2) is 22.2 Å². The van der Waals surface area contributed by atoms with Crippen LogP contribution in [0.3, 0.4) is 0 Å². The minimum atomic E-state index is -0.900. The number of thiol groups is 2. The molecule has 8 nitrogen and oxygen atoms in total. The Kier molecular flexibility index (Phi) is 10.3. The molecule has 45 heavy (non-hydrogen) atoms. The van der Waals surface area contributed by atoms with E-state index >= 15 is 0 Å². The summed E-state index contributed by atoms with van der Waals surface area (Å²) in [5.74, 6) is -1.80. The van der Waals surface area contributed by atoms with Crippen molar-refractivity contribution < 1.29 is 36.9 Å². The van der Waals surface area contributed by atoms with Gasteiger partial charge in [0.1, 0.15) is 0 Å². The van der Waals surface area contributed by atoms with Crippen LogP contribution in [0.4, 0.5) is 0 Å². The molecule has 0 aromatic carbocycles. The van der Waals surface area contributed by atoms with E-state index in [0.29, 0.717) is 27.4 Å². The summed E-state index contributed by atoms with van der Waals surface area (Å²) in [4.78, 5) is 44.7. The van der Waals surface area contributed by atoms with E-state index in [1.54, 1.807) is 0 Å². The molecule has 234 valence electrons. The molecule has 4 aromatic rings. The zero-order valence-electron chi connectivity index (χ0n) is 25.9. The predicted octanol–water partition coefficient (Wildman–Crippen LogP) is 0.525. The first-order valence-corrected chi connectivity index (χ1v) is 15.2. The van der Waals surface area contributed by atoms with Crippen LogP contribution in [0.25, 0.3) is 34.1 Å². The van der Waals surface area contributed by atoms with Gasteiger partial charge in [0.25, 0.3) is 0 Å². The van der Waals surface area contributed by atoms with Crippen LogP contribution < -0.4 is 51.8 Å². The molecule has 5 heterocycles. The van der Waals surface area contributed by atoms with Crippen LogP contribution >= 0.6 is 25.3 Å². The fourth-order valence-corrected chi connectivity index (χ4v) is 6.54. The summed E-state index contributed by atoms with van der Waals surface area (Å²) in [5.41, 5.74) is 8.05. The number of aliphatic carboxylic acids is 2. The third-order valence-corrected chi connectivity index (χ3v) is 8.73. The first kappa shape index (κ1) is 34.4. The Morgan fingerprint density at radius 1 is 0.578 bits per heavy atom. The topological polar surface area (TPSA) is 131 Å². The minimum Gasteiger partial charge on any atom is -0.657 e. The molecule has 5 rings (SSSR count). The van der Waals surface area contributed by atoms with E-state index in [0.717, 1.165) is 70.4 Å². The van der Waals surface area contributed by atoms with Gasteiger partial charge in [-0.1, -0.05) is 57.7 Å². The molecular formula is C34H34FeN4O4S2. The molecule has 0 fully saturated rings. The second-order valence-electron chi connectivity index (χ2n) is 11.3. The maximum absolute atomic E-state index is 11.6. The standard InChI is InChI=1S/C34H34N4O4S2.Fe/c1-15-21(7-9-31(39)40)27-14-28-22(8-10-32(41)42)16(2)24(36-28)12-29-34(20(6)44)18(4)26(38-29)13-30-33(19(5)43)17(3)25(37-30)11-23(15)35-27;/h11-14,43-44H,7-10H2,1-6H3,(H,39,40)(H,41,42);/q-4;+4/b23-11-,27-14+,29-12-,30-13-,33-19+,34-20-;. The number of aromatic nitrogens is 4. The smallest absolute Gasteiger partial charge is 0.657 e. The molecule has 0 saturated heterocycles. The van der Waals surface area contributed by atoms with Gasteiger partial charge in [-0.2, -0.15) is 0 Å². The molecule has 0 saturated carbocycles. The SMILES string of the molecule is C/C(S)=c1\c(C)c2[n-]\c1=C/c1[n-]c(c(CCC(=O)O)c1C)/C=c1/[n-]/c(c(C)c1CCC(=O)O)=C\c1[n-]c(/c(=C(\C)S)c1C)=C\2.[Fe+4]. The first-order chi connectivity index (χ1) is 20.8. The van der Waals surface area contributed by atoms with Gasteiger partial charge >= 0.3 is 29.0 Å². The number of rotatable bonds is 6. The van der Waals surface area contributed by atoms with E-state index in [1.807, 2.05) is 65.8 Å². The molecular weight excluding hydrogens is 648 g/mol. The maximum Gasteiger partial charge on any atom is 4.00 e. The van der Waals surface area contributed by atoms with Crippen molar-refractivity contribution in [2.45, 2.75) is 67.2 Å². The zero-order valence-corrected chi connectivity index (χ0v) is 28.8. The van der Waals surface area contributed by atoms with Crippen LogP contribution in [0.1, 0.15) is 82.8 Å². The van der Waals surface area contributed by atoms with Gasteiger partial charge < -0.3 is 30.1 Å². The van der Waals surface area contributed by atoms with Gasteiger partial charge in [-0.15, -0.1) is 69.4 Å². The summed E-state index contributed by atoms with van der Waals surface area (Å²) in [7, 11) is 0. The van der Waals surface area contributed by atoms with Gasteiger partial charge in [0.05, 0.1) is 0 Å². The normalized spacial score (nSPS) is 16.5. The Morgan fingerprint density at radius 2 is 1.00 bits per heavy atom. The summed E-state index contributed by atoms with van der Waals surface area (Å²) >= 11 is 9.40. The van der Waals surface area contributed by atoms with E-state index in [4.69, 9.17) is 45.2 Å². The molecule has 8 bridgehead atoms. The molecule has 0 amide bonds. The fourth-order valence-electron chi connectivity index (χ4n) is 5.97. The summed E-state index contributed by atoms with van der Waals surface area (Å²) in [5, 5.41) is 23.5. The predicted molar refractivity (Wildman–Crippen MR) is 178 cm³/mol. The van der Waals surface area contributed by atoms with Gasteiger partial charge in [-0.05, 0) is 74.6 Å². The fraction of sp³-hybridized carbons (Fsp3) is 0.294. The third kappa shape index (κ3) is 6.72. The minimum absolute atomic E-state index is 0. The van der Waals surface area contributed by atoms with Crippen molar-refractivity contribution in [2.24, 2.45) is 0 Å². The number of nitrogens with zero attached hydrogens (tertiary/aromatic N) is 4. The number of fused-ring (bicyclic) bond motifs is 8. The Hall–Kier alpha value is -3.50. The van der Waals surface area contributed by atoms with E-state index in [1.165, 1.54) is 0 Å². The molecule has 1 aliphatic rings. The second kappa shape index (κ2) is 13.5. The molecule has 11 heteroatoms. The Bertz CT molecular complexity index is 2220. The van der Waals surface area contributed by atoms with E-state index in [9.17, 15) is 19.8 Å². The zero-order chi connectivity index (χ0) is 32.0. The Balaban J connectivity index is 0.00000461. The van der Waals surface area contributed by atoms with Crippen LogP contribution in [0.15, 0.2) is 0 Å². The van der Waals surface area contributed by atoms with Crippen molar-refractivity contribution in [1.29, 1.82) is 0 Å². The summed E-state index contributed by atoms with van der Waals surface area (Å²) < 4.78 is 0. The second-order valence-corrected chi connectivity index (χ2v) is 12.6. The van der Waals surface area contributed by atoms with Gasteiger partial charge in [0, 0.05) is 12.8 Å². The van der Waals surface area contributed by atoms with E-state index < -0.39 is 11.9 Å². The molecule has 0 unspecified atom stereocenters. The molecule has 1 aliphatic heterocycles. The number of hydrogen-bond acceptors (Lipinski definition) is 4. The maximum atomic E-state index is 11.6. The monoisotopic (exact) mass is 682 g/mol. The molecule has 0 radical (unpaired) electrons. The average Bonchev–Trinajstić information content (AvgIpc) is 3.59. The van der Waals surface area contributed by atoms with Gasteiger partial charge in [-0.25, -0.2) is 0 Å². The quantitative estimate of drug-likeness (QED) is 0.151. The average molecular weight is 683 g/mol. The number of hydrogen-bond donors (Lipinski definition) is 4. The van der Waals surface area contributed by atoms with E-state index in [-0.39, 0.29) is 42.8 Å². The summed E-state index contributed by atoms with van der Waals surface area (Å²) in [6.45, 7) is 11.8. The van der Waals surface area contributed by atoms with Crippen molar-refractivity contribution in [3.8, 4) is 0 Å². The largest absolute Gasteiger partial charge is 4.00 e. The summed E-state index contributed by atoms with van der Waals surface area (Å²) in [6.07, 6.45) is 8.13. The van der Waals surface area contributed by atoms with Gasteiger partial charge in [-0.3, -0.25) is 9.59 Å². The van der Waals surface area contributed by atoms with E-state index in [2.05, 4.69) is 0 Å². The molecule has 0 spiro atoms. The third-order valence-electron chi connectivity index (χ3n) is 8.28. The first-order valence-electron chi connectivity index (χ1n) is 14.3. The van der Waals surface area contributed by atoms with Crippen LogP contribution in [0.2, 0.25) is 0 Å². The summed E-state index contributed by atoms with van der Waals surface area (Å²) in [6, 6.07) is 0. The molecule has 2 N–H and O–H groups in total. The Morgan fingerprint density at radius 3 is 1.47 bits per heavy atom. The number of carbonyl (C=O) groups is 2.